The van der Waals surface area contributed by atoms with Gasteiger partial charge in [-0.2, -0.15) is 0 Å². The molecule has 1 saturated heterocycles. The molecule has 4 saturated carbocycles. The van der Waals surface area contributed by atoms with Crippen molar-refractivity contribution >= 4 is 0 Å². The first-order valence-corrected chi connectivity index (χ1v) is 11.0. The predicted octanol–water partition coefficient (Wildman–Crippen LogP) is 5.00. The molecule has 1 heteroatoms. The molecule has 24 heavy (non-hydrogen) atoms. The van der Waals surface area contributed by atoms with Gasteiger partial charge in [0.15, 0.2) is 0 Å². The summed E-state index contributed by atoms with van der Waals surface area (Å²) in [6.45, 7) is 2.65. The maximum Gasteiger partial charge on any atom is 0.0175 e. The van der Waals surface area contributed by atoms with Crippen LogP contribution >= 0.6 is 0 Å². The summed E-state index contributed by atoms with van der Waals surface area (Å²) in [5, 5.41) is 0. The van der Waals surface area contributed by atoms with Crippen LogP contribution in [0.4, 0.5) is 0 Å². The van der Waals surface area contributed by atoms with E-state index in [1.54, 1.807) is 37.0 Å². The highest BCUT2D eigenvalue weighted by Crippen LogP contribution is 2.84. The van der Waals surface area contributed by atoms with Crippen LogP contribution in [0, 0.1) is 46.8 Å². The first-order valence-electron chi connectivity index (χ1n) is 11.0. The molecule has 0 N–H and O–H groups in total. The molecule has 0 aromatic rings. The van der Waals surface area contributed by atoms with Gasteiger partial charge in [0.25, 0.3) is 0 Å². The fourth-order valence-electron chi connectivity index (χ4n) is 8.82. The molecule has 6 aliphatic carbocycles. The molecular weight excluding hydrogens is 290 g/mol. The smallest absolute Gasteiger partial charge is 0.0175 e. The van der Waals surface area contributed by atoms with E-state index in [4.69, 9.17) is 0 Å². The number of nitrogens with zero attached hydrogens (tertiary/aromatic N) is 1. The standard InChI is InChI=1S/C23H31N/c1-2-10-24(9-1)15-4-6-16-14(11-15)3-5-18-17(16)7-8-23-13-21(23)19-12-20(19)22(18)23/h3,11,16-22H,1-2,4-10,12-13H2. The number of fused-ring (bicyclic) bond motifs is 7. The van der Waals surface area contributed by atoms with Crippen LogP contribution < -0.4 is 0 Å². The number of allylic oxidation sites excluding steroid dienone is 4. The van der Waals surface area contributed by atoms with Crippen molar-refractivity contribution in [1.82, 2.24) is 4.90 Å². The summed E-state index contributed by atoms with van der Waals surface area (Å²) in [6, 6.07) is 0. The summed E-state index contributed by atoms with van der Waals surface area (Å²) < 4.78 is 0. The van der Waals surface area contributed by atoms with Gasteiger partial charge >= 0.3 is 0 Å². The largest absolute Gasteiger partial charge is 0.375 e. The minimum absolute atomic E-state index is 0.894. The van der Waals surface area contributed by atoms with Crippen molar-refractivity contribution in [2.75, 3.05) is 13.1 Å². The predicted molar refractivity (Wildman–Crippen MR) is 96.2 cm³/mol. The molecule has 0 bridgehead atoms. The summed E-state index contributed by atoms with van der Waals surface area (Å²) in [7, 11) is 0. The van der Waals surface area contributed by atoms with Gasteiger partial charge in [0, 0.05) is 18.8 Å². The first-order chi connectivity index (χ1) is 11.9. The van der Waals surface area contributed by atoms with Crippen LogP contribution in [0.3, 0.4) is 0 Å². The Morgan fingerprint density at radius 2 is 1.92 bits per heavy atom. The summed E-state index contributed by atoms with van der Waals surface area (Å²) in [4.78, 5) is 2.69. The Labute approximate surface area is 146 Å². The van der Waals surface area contributed by atoms with E-state index in [2.05, 4.69) is 17.1 Å². The van der Waals surface area contributed by atoms with Gasteiger partial charge in [0.2, 0.25) is 0 Å². The molecule has 1 nitrogen and oxygen atoms in total. The van der Waals surface area contributed by atoms with Gasteiger partial charge in [-0.15, -0.1) is 0 Å². The van der Waals surface area contributed by atoms with Crippen LogP contribution in [0.15, 0.2) is 23.4 Å². The van der Waals surface area contributed by atoms with Gasteiger partial charge in [-0.05, 0) is 116 Å². The Kier molecular flexibility index (Phi) is 2.43. The fraction of sp³-hybridized carbons (Fsp3) is 0.826. The highest BCUT2D eigenvalue weighted by atomic mass is 15.1. The molecule has 7 rings (SSSR count). The summed E-state index contributed by atoms with van der Waals surface area (Å²) in [5.74, 6) is 7.81. The quantitative estimate of drug-likeness (QED) is 0.656. The van der Waals surface area contributed by atoms with Crippen LogP contribution in [0.1, 0.15) is 57.8 Å². The zero-order valence-electron chi connectivity index (χ0n) is 14.9. The minimum Gasteiger partial charge on any atom is -0.375 e. The zero-order chi connectivity index (χ0) is 15.5. The highest BCUT2D eigenvalue weighted by molar-refractivity contribution is 5.35. The fourth-order valence-corrected chi connectivity index (χ4v) is 8.82. The Balaban J connectivity index is 1.21. The Hall–Kier alpha value is -0.720. The van der Waals surface area contributed by atoms with Crippen molar-refractivity contribution in [3.05, 3.63) is 23.4 Å². The van der Waals surface area contributed by atoms with Gasteiger partial charge in [0.1, 0.15) is 0 Å². The van der Waals surface area contributed by atoms with Crippen molar-refractivity contribution in [2.24, 2.45) is 46.8 Å². The lowest BCUT2D eigenvalue weighted by Crippen LogP contribution is -2.42. The molecule has 0 aromatic carbocycles. The van der Waals surface area contributed by atoms with E-state index in [1.165, 1.54) is 62.9 Å². The maximum absolute atomic E-state index is 2.72. The van der Waals surface area contributed by atoms with Crippen LogP contribution in [0.5, 0.6) is 0 Å². The van der Waals surface area contributed by atoms with Crippen LogP contribution in [-0.4, -0.2) is 18.0 Å². The van der Waals surface area contributed by atoms with Crippen molar-refractivity contribution in [1.29, 1.82) is 0 Å². The third-order valence-electron chi connectivity index (χ3n) is 9.79. The topological polar surface area (TPSA) is 3.24 Å². The Bertz CT molecular complexity index is 653. The molecule has 1 heterocycles. The lowest BCUT2D eigenvalue weighted by molar-refractivity contribution is 0.0323. The zero-order valence-corrected chi connectivity index (χ0v) is 14.9. The van der Waals surface area contributed by atoms with Crippen LogP contribution in [0.2, 0.25) is 0 Å². The first kappa shape index (κ1) is 13.5. The third-order valence-corrected chi connectivity index (χ3v) is 9.79. The molecule has 128 valence electrons. The second kappa shape index (κ2) is 4.33. The molecule has 8 unspecified atom stereocenters. The van der Waals surface area contributed by atoms with E-state index in [9.17, 15) is 0 Å². The molecular formula is C23H31N. The third kappa shape index (κ3) is 1.54. The van der Waals surface area contributed by atoms with Crippen molar-refractivity contribution in [2.45, 2.75) is 57.8 Å². The molecule has 0 radical (unpaired) electrons. The Morgan fingerprint density at radius 3 is 2.83 bits per heavy atom. The number of hydrogen-bond acceptors (Lipinski definition) is 1. The van der Waals surface area contributed by atoms with E-state index in [0.717, 1.165) is 29.1 Å². The number of likely N-dealkylation sites (tertiary alicyclic amines) is 1. The lowest BCUT2D eigenvalue weighted by Gasteiger charge is -2.50. The Morgan fingerprint density at radius 1 is 1.00 bits per heavy atom. The molecule has 1 spiro atoms. The second-order valence-corrected chi connectivity index (χ2v) is 10.4. The normalized spacial score (nSPS) is 56.3. The van der Waals surface area contributed by atoms with E-state index >= 15 is 0 Å². The maximum atomic E-state index is 2.72. The van der Waals surface area contributed by atoms with Gasteiger partial charge in [-0.1, -0.05) is 6.08 Å². The van der Waals surface area contributed by atoms with E-state index < -0.39 is 0 Å². The monoisotopic (exact) mass is 321 g/mol. The second-order valence-electron chi connectivity index (χ2n) is 10.4. The van der Waals surface area contributed by atoms with Crippen molar-refractivity contribution < 1.29 is 0 Å². The number of rotatable bonds is 1. The molecule has 1 aliphatic heterocycles. The van der Waals surface area contributed by atoms with Gasteiger partial charge in [-0.25, -0.2) is 0 Å². The summed E-state index contributed by atoms with van der Waals surface area (Å²) in [5.41, 5.74) is 4.34. The SMILES string of the molecule is C1=C2C=C(N3CCCC3)CCC2C2CCC34CC3C3CC3C4C2C1. The number of hydrogen-bond donors (Lipinski definition) is 0. The highest BCUT2D eigenvalue weighted by Gasteiger charge is 2.78. The molecule has 5 fully saturated rings. The molecule has 8 atom stereocenters. The van der Waals surface area contributed by atoms with E-state index in [1.807, 2.05) is 0 Å². The van der Waals surface area contributed by atoms with Crippen molar-refractivity contribution in [3.63, 3.8) is 0 Å². The van der Waals surface area contributed by atoms with Crippen LogP contribution in [0.25, 0.3) is 0 Å². The molecule has 7 aliphatic rings. The summed E-state index contributed by atoms with van der Waals surface area (Å²) >= 11 is 0. The van der Waals surface area contributed by atoms with Gasteiger partial charge in [0.05, 0.1) is 0 Å². The lowest BCUT2D eigenvalue weighted by atomic mass is 9.55. The van der Waals surface area contributed by atoms with Crippen molar-refractivity contribution in [3.8, 4) is 0 Å². The van der Waals surface area contributed by atoms with Gasteiger partial charge in [-0.3, -0.25) is 0 Å². The molecule has 0 aromatic heterocycles. The minimum atomic E-state index is 0.894. The van der Waals surface area contributed by atoms with E-state index in [0.29, 0.717) is 0 Å². The van der Waals surface area contributed by atoms with Gasteiger partial charge < -0.3 is 4.90 Å². The molecule has 0 amide bonds. The average Bonchev–Trinajstić information content (AvgIpc) is 3.46. The average molecular weight is 322 g/mol. The van der Waals surface area contributed by atoms with Crippen LogP contribution in [-0.2, 0) is 0 Å². The summed E-state index contributed by atoms with van der Waals surface area (Å²) in [6.07, 6.45) is 18.9. The van der Waals surface area contributed by atoms with E-state index in [-0.39, 0.29) is 0 Å².